The zero-order valence-electron chi connectivity index (χ0n) is 12.0. The number of carbonyl (C=O) groups excluding carboxylic acids is 1. The molecule has 1 amide bonds. The van der Waals surface area contributed by atoms with Crippen LogP contribution in [0.4, 0.5) is 5.69 Å². The molecule has 0 spiro atoms. The minimum Gasteiger partial charge on any atom is -0.380 e. The molecule has 2 atom stereocenters. The summed E-state index contributed by atoms with van der Waals surface area (Å²) in [6, 6.07) is 8.23. The van der Waals surface area contributed by atoms with Crippen LogP contribution < -0.4 is 10.6 Å². The number of ether oxygens (including phenoxy) is 1. The van der Waals surface area contributed by atoms with E-state index >= 15 is 0 Å². The molecule has 20 heavy (non-hydrogen) atoms. The number of piperidine rings is 1. The fourth-order valence-corrected chi connectivity index (χ4v) is 2.52. The number of amides is 1. The number of anilines is 1. The van der Waals surface area contributed by atoms with E-state index < -0.39 is 0 Å². The molecule has 0 aromatic heterocycles. The molecule has 0 bridgehead atoms. The van der Waals surface area contributed by atoms with Crippen molar-refractivity contribution in [3.05, 3.63) is 29.8 Å². The molecule has 0 aliphatic carbocycles. The zero-order valence-corrected chi connectivity index (χ0v) is 12.8. The molecule has 2 rings (SSSR count). The van der Waals surface area contributed by atoms with E-state index in [0.29, 0.717) is 12.6 Å². The van der Waals surface area contributed by atoms with Crippen LogP contribution in [0.15, 0.2) is 24.3 Å². The van der Waals surface area contributed by atoms with Crippen LogP contribution >= 0.6 is 12.4 Å². The molecule has 0 radical (unpaired) electrons. The van der Waals surface area contributed by atoms with Crippen molar-refractivity contribution >= 4 is 24.0 Å². The predicted molar refractivity (Wildman–Crippen MR) is 83.2 cm³/mol. The number of hydrogen-bond donors (Lipinski definition) is 2. The second-order valence-electron chi connectivity index (χ2n) is 5.20. The van der Waals surface area contributed by atoms with Gasteiger partial charge in [0, 0.05) is 24.8 Å². The highest BCUT2D eigenvalue weighted by Gasteiger charge is 2.24. The molecule has 5 heteroatoms. The van der Waals surface area contributed by atoms with Gasteiger partial charge in [-0.2, -0.15) is 0 Å². The maximum atomic E-state index is 12.2. The Morgan fingerprint density at radius 1 is 1.50 bits per heavy atom. The van der Waals surface area contributed by atoms with E-state index in [1.165, 1.54) is 0 Å². The van der Waals surface area contributed by atoms with E-state index in [-0.39, 0.29) is 24.2 Å². The van der Waals surface area contributed by atoms with Crippen LogP contribution in [0.1, 0.15) is 25.3 Å². The largest absolute Gasteiger partial charge is 0.380 e. The van der Waals surface area contributed by atoms with Crippen molar-refractivity contribution in [3.8, 4) is 0 Å². The van der Waals surface area contributed by atoms with Gasteiger partial charge in [-0.05, 0) is 44.0 Å². The Hall–Kier alpha value is -1.10. The lowest BCUT2D eigenvalue weighted by atomic mass is 9.92. The van der Waals surface area contributed by atoms with Gasteiger partial charge in [-0.3, -0.25) is 4.79 Å². The molecule has 1 aromatic carbocycles. The topological polar surface area (TPSA) is 50.4 Å². The Morgan fingerprint density at radius 2 is 2.30 bits per heavy atom. The van der Waals surface area contributed by atoms with E-state index in [0.717, 1.165) is 30.6 Å². The van der Waals surface area contributed by atoms with Gasteiger partial charge in [-0.25, -0.2) is 0 Å². The second-order valence-corrected chi connectivity index (χ2v) is 5.20. The second kappa shape index (κ2) is 8.25. The maximum absolute atomic E-state index is 12.2. The van der Waals surface area contributed by atoms with Crippen LogP contribution in [0.2, 0.25) is 0 Å². The summed E-state index contributed by atoms with van der Waals surface area (Å²) >= 11 is 0. The van der Waals surface area contributed by atoms with E-state index in [1.807, 2.05) is 24.3 Å². The molecule has 4 nitrogen and oxygen atoms in total. The molecule has 1 aliphatic heterocycles. The molecule has 112 valence electrons. The van der Waals surface area contributed by atoms with Crippen molar-refractivity contribution < 1.29 is 9.53 Å². The van der Waals surface area contributed by atoms with Gasteiger partial charge in [0.1, 0.15) is 0 Å². The fraction of sp³-hybridized carbons (Fsp3) is 0.533. The molecular formula is C15H23ClN2O2. The van der Waals surface area contributed by atoms with E-state index in [1.54, 1.807) is 7.11 Å². The average Bonchev–Trinajstić information content (AvgIpc) is 2.39. The van der Waals surface area contributed by atoms with E-state index in [2.05, 4.69) is 17.6 Å². The average molecular weight is 299 g/mol. The van der Waals surface area contributed by atoms with Gasteiger partial charge in [0.25, 0.3) is 0 Å². The monoisotopic (exact) mass is 298 g/mol. The highest BCUT2D eigenvalue weighted by molar-refractivity contribution is 5.92. The number of benzene rings is 1. The van der Waals surface area contributed by atoms with Crippen molar-refractivity contribution in [2.24, 2.45) is 5.92 Å². The summed E-state index contributed by atoms with van der Waals surface area (Å²) in [5.74, 6) is 0.241. The number of methoxy groups -OCH3 is 1. The van der Waals surface area contributed by atoms with Crippen LogP contribution in [0.5, 0.6) is 0 Å². The van der Waals surface area contributed by atoms with Crippen LogP contribution in [-0.2, 0) is 16.1 Å². The van der Waals surface area contributed by atoms with Crippen molar-refractivity contribution in [2.75, 3.05) is 19.0 Å². The van der Waals surface area contributed by atoms with Gasteiger partial charge in [0.05, 0.1) is 6.61 Å². The standard InChI is InChI=1S/C15H22N2O2.ClH/c1-11-8-13(6-7-16-11)15(18)17-14-5-3-4-12(9-14)10-19-2;/h3-5,9,11,13,16H,6-8,10H2,1-2H3,(H,17,18);1H/t11-,13-;/m0./s1. The highest BCUT2D eigenvalue weighted by Crippen LogP contribution is 2.19. The summed E-state index contributed by atoms with van der Waals surface area (Å²) in [5, 5.41) is 6.37. The van der Waals surface area contributed by atoms with Gasteiger partial charge in [0.15, 0.2) is 0 Å². The summed E-state index contributed by atoms with van der Waals surface area (Å²) in [4.78, 5) is 12.2. The summed E-state index contributed by atoms with van der Waals surface area (Å²) in [6.45, 7) is 3.61. The first kappa shape index (κ1) is 17.0. The number of nitrogens with one attached hydrogen (secondary N) is 2. The maximum Gasteiger partial charge on any atom is 0.227 e. The SMILES string of the molecule is COCc1cccc(NC(=O)[C@H]2CCN[C@@H](C)C2)c1.Cl. The smallest absolute Gasteiger partial charge is 0.227 e. The molecule has 0 unspecified atom stereocenters. The van der Waals surface area contributed by atoms with Gasteiger partial charge < -0.3 is 15.4 Å². The molecule has 1 fully saturated rings. The van der Waals surface area contributed by atoms with E-state index in [4.69, 9.17) is 4.74 Å². The van der Waals surface area contributed by atoms with Gasteiger partial charge in [0.2, 0.25) is 5.91 Å². The number of halogens is 1. The third-order valence-corrected chi connectivity index (χ3v) is 3.50. The van der Waals surface area contributed by atoms with Gasteiger partial charge in [-0.15, -0.1) is 12.4 Å². The highest BCUT2D eigenvalue weighted by atomic mass is 35.5. The number of carbonyl (C=O) groups is 1. The quantitative estimate of drug-likeness (QED) is 0.898. The molecule has 0 saturated carbocycles. The Labute approximate surface area is 126 Å². The molecule has 1 heterocycles. The Kier molecular flexibility index (Phi) is 6.99. The minimum atomic E-state index is 0. The van der Waals surface area contributed by atoms with Crippen LogP contribution in [0, 0.1) is 5.92 Å². The first-order valence-electron chi connectivity index (χ1n) is 6.81. The van der Waals surface area contributed by atoms with Crippen LogP contribution in [-0.4, -0.2) is 25.6 Å². The van der Waals surface area contributed by atoms with Crippen LogP contribution in [0.3, 0.4) is 0 Å². The molecule has 1 aliphatic rings. The first-order chi connectivity index (χ1) is 9.19. The molecule has 1 aromatic rings. The Bertz CT molecular complexity index is 440. The lowest BCUT2D eigenvalue weighted by Crippen LogP contribution is -2.40. The third kappa shape index (κ3) is 4.78. The number of hydrogen-bond acceptors (Lipinski definition) is 3. The van der Waals surface area contributed by atoms with Crippen molar-refractivity contribution in [2.45, 2.75) is 32.4 Å². The molecule has 1 saturated heterocycles. The lowest BCUT2D eigenvalue weighted by molar-refractivity contribution is -0.120. The van der Waals surface area contributed by atoms with Crippen molar-refractivity contribution in [1.29, 1.82) is 0 Å². The summed E-state index contributed by atoms with van der Waals surface area (Å²) in [7, 11) is 1.67. The summed E-state index contributed by atoms with van der Waals surface area (Å²) in [6.07, 6.45) is 1.82. The summed E-state index contributed by atoms with van der Waals surface area (Å²) < 4.78 is 5.10. The van der Waals surface area contributed by atoms with Gasteiger partial charge >= 0.3 is 0 Å². The third-order valence-electron chi connectivity index (χ3n) is 3.50. The Morgan fingerprint density at radius 3 is 3.00 bits per heavy atom. The molecular weight excluding hydrogens is 276 g/mol. The van der Waals surface area contributed by atoms with Gasteiger partial charge in [-0.1, -0.05) is 12.1 Å². The minimum absolute atomic E-state index is 0. The number of rotatable bonds is 4. The zero-order chi connectivity index (χ0) is 13.7. The Balaban J connectivity index is 0.00000200. The van der Waals surface area contributed by atoms with E-state index in [9.17, 15) is 4.79 Å². The predicted octanol–water partition coefficient (Wildman–Crippen LogP) is 2.58. The van der Waals surface area contributed by atoms with Crippen molar-refractivity contribution in [1.82, 2.24) is 5.32 Å². The van der Waals surface area contributed by atoms with Crippen LogP contribution in [0.25, 0.3) is 0 Å². The molecule has 2 N–H and O–H groups in total. The lowest BCUT2D eigenvalue weighted by Gasteiger charge is -2.27. The van der Waals surface area contributed by atoms with Crippen molar-refractivity contribution in [3.63, 3.8) is 0 Å². The normalized spacial score (nSPS) is 21.9. The first-order valence-corrected chi connectivity index (χ1v) is 6.81. The fourth-order valence-electron chi connectivity index (χ4n) is 2.52. The summed E-state index contributed by atoms with van der Waals surface area (Å²) in [5.41, 5.74) is 1.92.